The van der Waals surface area contributed by atoms with E-state index in [1.165, 1.54) is 4.57 Å². The molecule has 0 spiro atoms. The summed E-state index contributed by atoms with van der Waals surface area (Å²) in [5, 5.41) is 7.26. The normalized spacial score (nSPS) is 15.2. The number of benzene rings is 1. The number of rotatable bonds is 7. The monoisotopic (exact) mass is 441 g/mol. The van der Waals surface area contributed by atoms with E-state index >= 15 is 0 Å². The number of pyridine rings is 1. The number of hydrogen-bond donors (Lipinski definition) is 2. The Balaban J connectivity index is 1.47. The summed E-state index contributed by atoms with van der Waals surface area (Å²) in [4.78, 5) is 42.1. The van der Waals surface area contributed by atoms with E-state index in [-0.39, 0.29) is 29.3 Å². The predicted molar refractivity (Wildman–Crippen MR) is 125 cm³/mol. The van der Waals surface area contributed by atoms with Gasteiger partial charge in [0, 0.05) is 47.8 Å². The summed E-state index contributed by atoms with van der Waals surface area (Å²) in [7, 11) is 0. The summed E-state index contributed by atoms with van der Waals surface area (Å²) in [6.07, 6.45) is 6.08. The molecule has 1 amide bonds. The topological polar surface area (TPSA) is 114 Å². The van der Waals surface area contributed by atoms with Gasteiger partial charge in [0.1, 0.15) is 0 Å². The minimum absolute atomic E-state index is 0.0679. The average molecular weight is 441 g/mol. The number of aromatic nitrogens is 3. The fourth-order valence-corrected chi connectivity index (χ4v) is 4.06. The average Bonchev–Trinajstić information content (AvgIpc) is 3.50. The Morgan fingerprint density at radius 2 is 2.03 bits per heavy atom. The Morgan fingerprint density at radius 3 is 2.76 bits per heavy atom. The third kappa shape index (κ3) is 3.71. The second-order valence-corrected chi connectivity index (χ2v) is 8.33. The molecule has 0 bridgehead atoms. The van der Waals surface area contributed by atoms with E-state index in [9.17, 15) is 9.59 Å². The molecule has 1 aromatic carbocycles. The molecule has 0 saturated heterocycles. The molecule has 0 atom stereocenters. The van der Waals surface area contributed by atoms with Crippen molar-refractivity contribution in [3.63, 3.8) is 0 Å². The van der Waals surface area contributed by atoms with Crippen molar-refractivity contribution in [2.45, 2.75) is 31.7 Å². The summed E-state index contributed by atoms with van der Waals surface area (Å²) in [6, 6.07) is 9.53. The molecule has 0 radical (unpaired) electrons. The van der Waals surface area contributed by atoms with E-state index in [2.05, 4.69) is 37.2 Å². The van der Waals surface area contributed by atoms with Crippen molar-refractivity contribution >= 4 is 30.5 Å². The third-order valence-electron chi connectivity index (χ3n) is 6.15. The number of hydrogen-bond acceptors (Lipinski definition) is 7. The van der Waals surface area contributed by atoms with E-state index in [0.29, 0.717) is 29.7 Å². The highest BCUT2D eigenvalue weighted by molar-refractivity contribution is 5.89. The van der Waals surface area contributed by atoms with Gasteiger partial charge in [0.05, 0.1) is 11.0 Å². The van der Waals surface area contributed by atoms with Gasteiger partial charge < -0.3 is 10.6 Å². The molecule has 33 heavy (non-hydrogen) atoms. The lowest BCUT2D eigenvalue weighted by atomic mass is 10.0. The largest absolute Gasteiger partial charge is 0.365 e. The molecule has 2 aromatic heterocycles. The molecule has 1 saturated carbocycles. The van der Waals surface area contributed by atoms with E-state index in [1.54, 1.807) is 19.3 Å². The molecule has 1 aliphatic heterocycles. The van der Waals surface area contributed by atoms with Crippen molar-refractivity contribution in [2.75, 3.05) is 11.9 Å². The highest BCUT2D eigenvalue weighted by atomic mass is 16.1. The fourth-order valence-electron chi connectivity index (χ4n) is 4.06. The van der Waals surface area contributed by atoms with Crippen LogP contribution in [0.3, 0.4) is 0 Å². The molecule has 0 unspecified atom stereocenters. The first-order chi connectivity index (χ1) is 16.0. The highest BCUT2D eigenvalue weighted by Crippen LogP contribution is 2.47. The zero-order chi connectivity index (χ0) is 23.0. The summed E-state index contributed by atoms with van der Waals surface area (Å²) in [5.74, 6) is 0.513. The zero-order valence-corrected chi connectivity index (χ0v) is 18.2. The van der Waals surface area contributed by atoms with Crippen LogP contribution in [0.5, 0.6) is 0 Å². The first-order valence-electron chi connectivity index (χ1n) is 10.7. The van der Waals surface area contributed by atoms with Gasteiger partial charge in [0.15, 0.2) is 5.82 Å². The molecular weight excluding hydrogens is 418 g/mol. The Labute approximate surface area is 189 Å². The van der Waals surface area contributed by atoms with Crippen LogP contribution < -0.4 is 26.8 Å². The van der Waals surface area contributed by atoms with Crippen LogP contribution in [-0.4, -0.2) is 33.4 Å². The van der Waals surface area contributed by atoms with Crippen molar-refractivity contribution in [3.05, 3.63) is 80.6 Å². The summed E-state index contributed by atoms with van der Waals surface area (Å²) >= 11 is 0. The van der Waals surface area contributed by atoms with Gasteiger partial charge in [-0.25, -0.2) is 19.5 Å². The van der Waals surface area contributed by atoms with Crippen molar-refractivity contribution in [2.24, 2.45) is 9.98 Å². The van der Waals surface area contributed by atoms with E-state index < -0.39 is 0 Å². The van der Waals surface area contributed by atoms with Gasteiger partial charge in [-0.3, -0.25) is 14.6 Å². The molecule has 5 rings (SSSR count). The van der Waals surface area contributed by atoms with Crippen molar-refractivity contribution in [3.8, 4) is 0 Å². The minimum atomic E-state index is -0.315. The lowest BCUT2D eigenvalue weighted by molar-refractivity contribution is -0.109. The number of nitrogens with one attached hydrogen (secondary N) is 2. The van der Waals surface area contributed by atoms with Crippen LogP contribution in [0.15, 0.2) is 57.5 Å². The van der Waals surface area contributed by atoms with E-state index in [1.807, 2.05) is 30.3 Å². The van der Waals surface area contributed by atoms with Gasteiger partial charge in [-0.1, -0.05) is 18.7 Å². The molecule has 1 fully saturated rings. The number of amides is 1. The molecule has 3 aromatic rings. The third-order valence-corrected chi connectivity index (χ3v) is 6.15. The highest BCUT2D eigenvalue weighted by Gasteiger charge is 2.45. The van der Waals surface area contributed by atoms with Gasteiger partial charge in [0.2, 0.25) is 12.4 Å². The maximum atomic E-state index is 13.3. The van der Waals surface area contributed by atoms with Gasteiger partial charge >= 0.3 is 0 Å². The second-order valence-electron chi connectivity index (χ2n) is 8.33. The number of aliphatic imine (C=N–C) groups is 1. The fraction of sp³-hybridized carbons (Fsp3) is 0.250. The predicted octanol–water partition coefficient (Wildman–Crippen LogP) is 0.916. The Bertz CT molecular complexity index is 1440. The number of nitrogens with zero attached hydrogens (tertiary/aromatic N) is 5. The van der Waals surface area contributed by atoms with Crippen LogP contribution in [-0.2, 0) is 16.8 Å². The van der Waals surface area contributed by atoms with Crippen molar-refractivity contribution in [1.29, 1.82) is 0 Å². The first kappa shape index (κ1) is 20.7. The minimum Gasteiger partial charge on any atom is -0.365 e. The van der Waals surface area contributed by atoms with Gasteiger partial charge in [-0.15, -0.1) is 0 Å². The quantitative estimate of drug-likeness (QED) is 0.529. The molecule has 2 N–H and O–H groups in total. The van der Waals surface area contributed by atoms with Crippen LogP contribution >= 0.6 is 0 Å². The number of aryl methyl sites for hydroxylation is 1. The maximum Gasteiger partial charge on any atom is 0.300 e. The molecule has 2 aliphatic rings. The van der Waals surface area contributed by atoms with Crippen LogP contribution in [0, 0.1) is 6.92 Å². The Morgan fingerprint density at radius 1 is 1.18 bits per heavy atom. The van der Waals surface area contributed by atoms with Gasteiger partial charge in [0.25, 0.3) is 5.56 Å². The summed E-state index contributed by atoms with van der Waals surface area (Å²) in [6.45, 7) is 6.66. The number of carbonyl (C=O) groups is 1. The molecule has 9 heteroatoms. The van der Waals surface area contributed by atoms with Crippen LogP contribution in [0.25, 0.3) is 6.58 Å². The Hall–Kier alpha value is -4.14. The first-order valence-corrected chi connectivity index (χ1v) is 10.7. The number of fused-ring (bicyclic) bond motifs is 1. The SMILES string of the molecule is C=c1ccc2c(c1CNC=O)N=C(n1c(C)cnc(NCC3(c4ccccn4)CC3)c1=O)N=2. The smallest absolute Gasteiger partial charge is 0.300 e. The lowest BCUT2D eigenvalue weighted by Crippen LogP contribution is -2.32. The molecule has 9 nitrogen and oxygen atoms in total. The lowest BCUT2D eigenvalue weighted by Gasteiger charge is -2.16. The zero-order valence-electron chi connectivity index (χ0n) is 18.2. The van der Waals surface area contributed by atoms with Crippen molar-refractivity contribution < 1.29 is 4.79 Å². The Kier molecular flexibility index (Phi) is 5.08. The van der Waals surface area contributed by atoms with Crippen molar-refractivity contribution in [1.82, 2.24) is 19.9 Å². The van der Waals surface area contributed by atoms with Crippen LogP contribution in [0.4, 0.5) is 11.5 Å². The summed E-state index contributed by atoms with van der Waals surface area (Å²) in [5.41, 5.74) is 2.63. The van der Waals surface area contributed by atoms with E-state index in [4.69, 9.17) is 0 Å². The molecule has 166 valence electrons. The van der Waals surface area contributed by atoms with Crippen LogP contribution in [0.1, 0.15) is 29.8 Å². The second kappa shape index (κ2) is 8.09. The standard InChI is InChI=1S/C24H23N7O2/c1-15-6-7-18-20(17(15)12-25-14-32)30-23(29-18)31-16(2)11-27-21(22(31)33)28-13-24(8-9-24)19-5-3-4-10-26-19/h3-7,10-11,14H,1,8-9,12-13H2,2H3,(H,25,32)(H,27,28). The summed E-state index contributed by atoms with van der Waals surface area (Å²) < 4.78 is 1.45. The van der Waals surface area contributed by atoms with Crippen LogP contribution in [0.2, 0.25) is 0 Å². The maximum absolute atomic E-state index is 13.3. The van der Waals surface area contributed by atoms with Gasteiger partial charge in [-0.05, 0) is 43.2 Å². The molecule has 1 aliphatic carbocycles. The molecular formula is C24H23N7O2. The molecule has 3 heterocycles. The number of carbonyl (C=O) groups excluding carboxylic acids is 1. The van der Waals surface area contributed by atoms with Gasteiger partial charge in [-0.2, -0.15) is 0 Å². The number of anilines is 1. The van der Waals surface area contributed by atoms with E-state index in [0.717, 1.165) is 29.3 Å².